The number of amides is 1. The molecule has 1 aromatic rings. The number of primary amides is 1. The Balaban J connectivity index is 0.000000885. The van der Waals surface area contributed by atoms with Crippen LogP contribution in [0.25, 0.3) is 5.70 Å². The highest BCUT2D eigenvalue weighted by Gasteiger charge is 2.69. The van der Waals surface area contributed by atoms with Gasteiger partial charge in [-0.15, -0.1) is 0 Å². The summed E-state index contributed by atoms with van der Waals surface area (Å²) in [7, 11) is 0. The molecule has 8 heteroatoms. The van der Waals surface area contributed by atoms with Crippen molar-refractivity contribution < 1.29 is 24.5 Å². The summed E-state index contributed by atoms with van der Waals surface area (Å²) >= 11 is 0. The summed E-state index contributed by atoms with van der Waals surface area (Å²) < 4.78 is 40.7. The molecule has 2 aliphatic rings. The zero-order valence-electron chi connectivity index (χ0n) is 17.0. The van der Waals surface area contributed by atoms with Crippen molar-refractivity contribution in [3.8, 4) is 0 Å². The van der Waals surface area contributed by atoms with Crippen LogP contribution in [0.2, 0.25) is 0 Å². The molecule has 1 amide bonds. The standard InChI is InChI=1S/C19H20F3N3O.C3H6O.H2/c1-3-16(18(23)26)24-17(12-4-6-13(20)7-5-12)11(2)25-9-8-14-15(10-25)19(14,21)22;1-3(2)4;/h3-7,14-15H,1,8-10H2,2H3,(H2,23,26);4H,1H2,2H3;1H/b17-11+,24-16?;;. The van der Waals surface area contributed by atoms with Crippen molar-refractivity contribution >= 4 is 17.3 Å². The van der Waals surface area contributed by atoms with Crippen molar-refractivity contribution in [3.05, 3.63) is 66.3 Å². The van der Waals surface area contributed by atoms with Gasteiger partial charge in [0.05, 0.1) is 11.5 Å². The summed E-state index contributed by atoms with van der Waals surface area (Å²) in [5.74, 6) is -4.79. The molecule has 2 unspecified atom stereocenters. The summed E-state index contributed by atoms with van der Waals surface area (Å²) in [6, 6.07) is 5.60. The lowest BCUT2D eigenvalue weighted by molar-refractivity contribution is -0.111. The number of aliphatic hydroxyl groups excluding tert-OH is 1. The van der Waals surface area contributed by atoms with Gasteiger partial charge in [0.25, 0.3) is 11.8 Å². The number of fused-ring (bicyclic) bond motifs is 1. The summed E-state index contributed by atoms with van der Waals surface area (Å²) in [6.07, 6.45) is 1.64. The lowest BCUT2D eigenvalue weighted by Gasteiger charge is -2.29. The number of nitrogens with two attached hydrogens (primary N) is 1. The highest BCUT2D eigenvalue weighted by atomic mass is 19.3. The van der Waals surface area contributed by atoms with Gasteiger partial charge in [-0.25, -0.2) is 18.2 Å². The van der Waals surface area contributed by atoms with E-state index in [9.17, 15) is 18.0 Å². The van der Waals surface area contributed by atoms with Gasteiger partial charge in [-0.05, 0) is 50.6 Å². The third-order valence-electron chi connectivity index (χ3n) is 5.11. The minimum atomic E-state index is -2.60. The van der Waals surface area contributed by atoms with Gasteiger partial charge in [0.1, 0.15) is 11.5 Å². The molecule has 164 valence electrons. The molecule has 1 aromatic carbocycles. The fraction of sp³-hybridized carbons (Fsp3) is 0.364. The molecule has 0 radical (unpaired) electrons. The maximum Gasteiger partial charge on any atom is 0.267 e. The van der Waals surface area contributed by atoms with E-state index in [0.29, 0.717) is 29.9 Å². The van der Waals surface area contributed by atoms with Crippen LogP contribution in [-0.2, 0) is 4.79 Å². The fourth-order valence-electron chi connectivity index (χ4n) is 3.47. The quantitative estimate of drug-likeness (QED) is 0.539. The zero-order valence-corrected chi connectivity index (χ0v) is 17.0. The molecule has 3 N–H and O–H groups in total. The molecule has 1 aliphatic carbocycles. The molecule has 30 heavy (non-hydrogen) atoms. The molecule has 1 saturated heterocycles. The first kappa shape index (κ1) is 23.3. The molecule has 0 spiro atoms. The topological polar surface area (TPSA) is 78.9 Å². The molecular weight excluding hydrogens is 395 g/mol. The van der Waals surface area contributed by atoms with Crippen LogP contribution in [0.15, 0.2) is 59.9 Å². The minimum absolute atomic E-state index is 0. The van der Waals surface area contributed by atoms with Gasteiger partial charge in [-0.3, -0.25) is 4.79 Å². The number of carbonyl (C=O) groups excluding carboxylic acids is 1. The molecule has 0 bridgehead atoms. The number of carbonyl (C=O) groups is 1. The van der Waals surface area contributed by atoms with E-state index in [1.807, 2.05) is 4.90 Å². The molecule has 2 fully saturated rings. The van der Waals surface area contributed by atoms with E-state index in [1.54, 1.807) is 6.92 Å². The van der Waals surface area contributed by atoms with E-state index in [2.05, 4.69) is 18.2 Å². The number of alkyl halides is 2. The Morgan fingerprint density at radius 3 is 2.37 bits per heavy atom. The second kappa shape index (κ2) is 9.19. The molecule has 0 aromatic heterocycles. The highest BCUT2D eigenvalue weighted by Crippen LogP contribution is 2.59. The Hall–Kier alpha value is -3.03. The number of nitrogens with zero attached hydrogens (tertiary/aromatic N) is 2. The highest BCUT2D eigenvalue weighted by molar-refractivity contribution is 6.43. The normalized spacial score (nSPS) is 22.7. The lowest BCUT2D eigenvalue weighted by Crippen LogP contribution is -2.30. The van der Waals surface area contributed by atoms with E-state index in [-0.39, 0.29) is 19.4 Å². The number of benzene rings is 1. The Labute approximate surface area is 175 Å². The third kappa shape index (κ3) is 5.31. The van der Waals surface area contributed by atoms with Crippen molar-refractivity contribution in [3.63, 3.8) is 0 Å². The number of allylic oxidation sites excluding steroid dienone is 2. The zero-order chi connectivity index (χ0) is 22.6. The van der Waals surface area contributed by atoms with Gasteiger partial charge in [0.2, 0.25) is 0 Å². The van der Waals surface area contributed by atoms with Crippen LogP contribution < -0.4 is 5.73 Å². The minimum Gasteiger partial charge on any atom is -0.513 e. The van der Waals surface area contributed by atoms with Crippen molar-refractivity contribution in [1.82, 2.24) is 4.90 Å². The molecule has 2 atom stereocenters. The number of rotatable bonds is 5. The Kier molecular flexibility index (Phi) is 7.12. The van der Waals surface area contributed by atoms with E-state index in [0.717, 1.165) is 0 Å². The van der Waals surface area contributed by atoms with Crippen LogP contribution in [-0.4, -0.2) is 40.6 Å². The number of hydrogen-bond donors (Lipinski definition) is 2. The van der Waals surface area contributed by atoms with Gasteiger partial charge >= 0.3 is 0 Å². The lowest BCUT2D eigenvalue weighted by atomic mass is 10.1. The van der Waals surface area contributed by atoms with Crippen LogP contribution in [0.5, 0.6) is 0 Å². The van der Waals surface area contributed by atoms with E-state index >= 15 is 0 Å². The molecule has 1 aliphatic heterocycles. The number of hydrogen-bond acceptors (Lipinski definition) is 4. The number of halogens is 3. The Morgan fingerprint density at radius 1 is 1.33 bits per heavy atom. The third-order valence-corrected chi connectivity index (χ3v) is 5.11. The molecule has 5 nitrogen and oxygen atoms in total. The van der Waals surface area contributed by atoms with Crippen LogP contribution >= 0.6 is 0 Å². The second-order valence-corrected chi connectivity index (χ2v) is 7.36. The first-order valence-electron chi connectivity index (χ1n) is 9.44. The molecule has 1 saturated carbocycles. The fourth-order valence-corrected chi connectivity index (χ4v) is 3.47. The van der Waals surface area contributed by atoms with Crippen molar-refractivity contribution in [2.24, 2.45) is 22.6 Å². The molecule has 3 rings (SSSR count). The average Bonchev–Trinajstić information content (AvgIpc) is 3.23. The van der Waals surface area contributed by atoms with Crippen LogP contribution in [0.3, 0.4) is 0 Å². The number of aliphatic hydroxyl groups is 1. The largest absolute Gasteiger partial charge is 0.513 e. The van der Waals surface area contributed by atoms with Gasteiger partial charge in [-0.2, -0.15) is 0 Å². The Morgan fingerprint density at radius 2 is 1.90 bits per heavy atom. The van der Waals surface area contributed by atoms with Crippen LogP contribution in [0, 0.1) is 17.7 Å². The second-order valence-electron chi connectivity index (χ2n) is 7.36. The SMILES string of the molecule is C=C(C)O.C=CC(=N/C(=C(\C)N1CCC2C(C1)C2(F)F)c1ccc(F)cc1)C(N)=O.[HH]. The van der Waals surface area contributed by atoms with E-state index < -0.39 is 29.5 Å². The summed E-state index contributed by atoms with van der Waals surface area (Å²) in [6.45, 7) is 10.6. The summed E-state index contributed by atoms with van der Waals surface area (Å²) in [5.41, 5.74) is 6.85. The predicted octanol–water partition coefficient (Wildman–Crippen LogP) is 4.54. The van der Waals surface area contributed by atoms with Gasteiger partial charge in [0, 0.05) is 37.6 Å². The first-order chi connectivity index (χ1) is 14.0. The van der Waals surface area contributed by atoms with Gasteiger partial charge in [0.15, 0.2) is 0 Å². The van der Waals surface area contributed by atoms with E-state index in [4.69, 9.17) is 10.8 Å². The number of piperidine rings is 1. The van der Waals surface area contributed by atoms with Crippen molar-refractivity contribution in [2.75, 3.05) is 13.1 Å². The van der Waals surface area contributed by atoms with Crippen LogP contribution in [0.4, 0.5) is 13.2 Å². The first-order valence-corrected chi connectivity index (χ1v) is 9.44. The van der Waals surface area contributed by atoms with Gasteiger partial charge < -0.3 is 15.7 Å². The molecule has 1 heterocycles. The average molecular weight is 423 g/mol. The summed E-state index contributed by atoms with van der Waals surface area (Å²) in [5, 5.41) is 7.86. The smallest absolute Gasteiger partial charge is 0.267 e. The van der Waals surface area contributed by atoms with E-state index in [1.165, 1.54) is 37.3 Å². The predicted molar refractivity (Wildman–Crippen MR) is 113 cm³/mol. The Bertz CT molecular complexity index is 894. The van der Waals surface area contributed by atoms with Gasteiger partial charge in [-0.1, -0.05) is 13.2 Å². The van der Waals surface area contributed by atoms with Crippen molar-refractivity contribution in [2.45, 2.75) is 26.2 Å². The number of aliphatic imine (C=N–C) groups is 1. The summed E-state index contributed by atoms with van der Waals surface area (Å²) in [4.78, 5) is 17.7. The molecular formula is C22H28F3N3O2. The maximum atomic E-state index is 13.7. The number of likely N-dealkylation sites (tertiary alicyclic amines) is 1. The maximum absolute atomic E-state index is 13.7. The van der Waals surface area contributed by atoms with Crippen LogP contribution in [0.1, 0.15) is 27.3 Å². The monoisotopic (exact) mass is 423 g/mol. The van der Waals surface area contributed by atoms with Crippen molar-refractivity contribution in [1.29, 1.82) is 0 Å².